The first kappa shape index (κ1) is 42.5. The van der Waals surface area contributed by atoms with Gasteiger partial charge in [0.25, 0.3) is 0 Å². The second-order valence-corrected chi connectivity index (χ2v) is 17.0. The van der Waals surface area contributed by atoms with E-state index in [1.54, 1.807) is 0 Å². The molecule has 0 saturated heterocycles. The summed E-state index contributed by atoms with van der Waals surface area (Å²) in [5.41, 5.74) is 16.7. The topological polar surface area (TPSA) is 183 Å². The Labute approximate surface area is 312 Å². The summed E-state index contributed by atoms with van der Waals surface area (Å²) >= 11 is 0. The van der Waals surface area contributed by atoms with Crippen LogP contribution in [-0.4, -0.2) is 68.4 Å². The average Bonchev–Trinajstić information content (AvgIpc) is 3.46. The van der Waals surface area contributed by atoms with E-state index in [0.29, 0.717) is 38.7 Å². The van der Waals surface area contributed by atoms with Crippen molar-refractivity contribution in [1.29, 1.82) is 0 Å². The minimum atomic E-state index is -0.371. The van der Waals surface area contributed by atoms with Crippen LogP contribution in [0.15, 0.2) is 0 Å². The highest BCUT2D eigenvalue weighted by Gasteiger charge is 2.67. The van der Waals surface area contributed by atoms with Crippen molar-refractivity contribution < 1.29 is 38.1 Å². The summed E-state index contributed by atoms with van der Waals surface area (Å²) in [5.74, 6) is -0.00360. The molecule has 11 heteroatoms. The minimum absolute atomic E-state index is 0.0910. The van der Waals surface area contributed by atoms with Gasteiger partial charge in [-0.25, -0.2) is 0 Å². The Morgan fingerprint density at radius 1 is 0.712 bits per heavy atom. The summed E-state index contributed by atoms with van der Waals surface area (Å²) in [6.45, 7) is 10.3. The third-order valence-corrected chi connectivity index (χ3v) is 13.9. The van der Waals surface area contributed by atoms with Gasteiger partial charge in [0, 0.05) is 37.4 Å². The first-order valence-corrected chi connectivity index (χ1v) is 20.8. The Hall–Kier alpha value is -2.24. The molecule has 0 aromatic carbocycles. The summed E-state index contributed by atoms with van der Waals surface area (Å²) in [6, 6.07) is 0. The number of carbonyl (C=O) groups excluding carboxylic acids is 4. The fourth-order valence-corrected chi connectivity index (χ4v) is 11.2. The first-order valence-electron chi connectivity index (χ1n) is 20.8. The van der Waals surface area contributed by atoms with Crippen molar-refractivity contribution in [2.75, 3.05) is 26.2 Å². The fourth-order valence-electron chi connectivity index (χ4n) is 11.2. The van der Waals surface area contributed by atoms with Crippen LogP contribution in [0.3, 0.4) is 0 Å². The highest BCUT2D eigenvalue weighted by molar-refractivity contribution is 5.71. The largest absolute Gasteiger partial charge is 0.466 e. The number of carbonyl (C=O) groups is 4. The van der Waals surface area contributed by atoms with Crippen molar-refractivity contribution >= 4 is 23.9 Å². The molecule has 0 bridgehead atoms. The fraction of sp³-hybridized carbons (Fsp3) is 0.902. The van der Waals surface area contributed by atoms with Crippen LogP contribution >= 0.6 is 0 Å². The standard InChI is InChI=1S/C41H71N3O8/c1-5-6-7-8-9-10-23-49-35(45)14-11-27(2)30-12-13-31-39-32(26-34(41(30,31)4)52-38(48)18-22-44)40(3)19-15-29(50-36(46)16-20-42)24-28(40)25-33(39)51-37(47)17-21-43/h27-34,39H,5-26,42-44H2,1-4H3/t27-,28?,29-,30-,31+,32+,33?,34+,39?,40?,41-/m1/s1. The number of hydrogen-bond acceptors (Lipinski definition) is 11. The van der Waals surface area contributed by atoms with Gasteiger partial charge in [0.15, 0.2) is 0 Å². The highest BCUT2D eigenvalue weighted by atomic mass is 16.6. The molecule has 11 nitrogen and oxygen atoms in total. The second kappa shape index (κ2) is 19.9. The number of hydrogen-bond donors (Lipinski definition) is 3. The molecule has 11 atom stereocenters. The summed E-state index contributed by atoms with van der Waals surface area (Å²) in [5, 5.41) is 0. The Kier molecular flexibility index (Phi) is 16.3. The number of unbranched alkanes of at least 4 members (excludes halogenated alkanes) is 5. The Morgan fingerprint density at radius 3 is 2.02 bits per heavy atom. The molecule has 52 heavy (non-hydrogen) atoms. The molecule has 0 aromatic heterocycles. The first-order chi connectivity index (χ1) is 24.9. The highest BCUT2D eigenvalue weighted by Crippen LogP contribution is 2.69. The molecule has 4 rings (SSSR count). The zero-order valence-corrected chi connectivity index (χ0v) is 32.8. The van der Waals surface area contributed by atoms with Gasteiger partial charge in [-0.3, -0.25) is 19.2 Å². The van der Waals surface area contributed by atoms with Gasteiger partial charge in [-0.1, -0.05) is 59.8 Å². The summed E-state index contributed by atoms with van der Waals surface area (Å²) < 4.78 is 24.3. The van der Waals surface area contributed by atoms with Gasteiger partial charge in [-0.05, 0) is 92.8 Å². The molecule has 6 N–H and O–H groups in total. The maximum atomic E-state index is 13.2. The van der Waals surface area contributed by atoms with Crippen LogP contribution in [-0.2, 0) is 38.1 Å². The molecule has 4 aliphatic carbocycles. The predicted molar refractivity (Wildman–Crippen MR) is 199 cm³/mol. The smallest absolute Gasteiger partial charge is 0.307 e. The molecule has 4 aliphatic rings. The van der Waals surface area contributed by atoms with Crippen LogP contribution in [0, 0.1) is 46.3 Å². The number of ether oxygens (including phenoxy) is 4. The molecule has 0 heterocycles. The van der Waals surface area contributed by atoms with E-state index >= 15 is 0 Å². The lowest BCUT2D eigenvalue weighted by Gasteiger charge is -2.64. The maximum Gasteiger partial charge on any atom is 0.307 e. The van der Waals surface area contributed by atoms with E-state index in [0.717, 1.165) is 38.5 Å². The van der Waals surface area contributed by atoms with E-state index in [-0.39, 0.29) is 127 Å². The van der Waals surface area contributed by atoms with Crippen LogP contribution in [0.5, 0.6) is 0 Å². The molecule has 4 unspecified atom stereocenters. The Morgan fingerprint density at radius 2 is 1.35 bits per heavy atom. The zero-order chi connectivity index (χ0) is 37.9. The molecule has 0 amide bonds. The molecular weight excluding hydrogens is 662 g/mol. The van der Waals surface area contributed by atoms with Gasteiger partial charge in [-0.2, -0.15) is 0 Å². The number of esters is 4. The van der Waals surface area contributed by atoms with E-state index in [1.165, 1.54) is 25.7 Å². The third-order valence-electron chi connectivity index (χ3n) is 13.9. The lowest BCUT2D eigenvalue weighted by molar-refractivity contribution is -0.225. The molecular formula is C41H71N3O8. The van der Waals surface area contributed by atoms with E-state index in [2.05, 4.69) is 27.7 Å². The van der Waals surface area contributed by atoms with Crippen molar-refractivity contribution in [3.05, 3.63) is 0 Å². The average molecular weight is 734 g/mol. The Bertz CT molecular complexity index is 1180. The zero-order valence-electron chi connectivity index (χ0n) is 32.8. The SMILES string of the molecule is CCCCCCCCOC(=O)CC[C@@H](C)[C@H]1CC[C@H]2C3C(OC(=O)CCN)CC4C[C@H](OC(=O)CCN)CCC4(C)[C@H]3C[C@H](OC(=O)CCN)[C@]12C. The van der Waals surface area contributed by atoms with Crippen LogP contribution in [0.2, 0.25) is 0 Å². The lowest BCUT2D eigenvalue weighted by Crippen LogP contribution is -2.63. The number of rotatable bonds is 20. The van der Waals surface area contributed by atoms with Crippen LogP contribution in [0.4, 0.5) is 0 Å². The maximum absolute atomic E-state index is 13.2. The third kappa shape index (κ3) is 10.1. The quantitative estimate of drug-likeness (QED) is 0.0762. The van der Waals surface area contributed by atoms with Crippen LogP contribution in [0.1, 0.15) is 143 Å². The lowest BCUT2D eigenvalue weighted by atomic mass is 9.43. The molecule has 4 saturated carbocycles. The van der Waals surface area contributed by atoms with E-state index < -0.39 is 0 Å². The van der Waals surface area contributed by atoms with Gasteiger partial charge >= 0.3 is 23.9 Å². The summed E-state index contributed by atoms with van der Waals surface area (Å²) in [4.78, 5) is 51.6. The Balaban J connectivity index is 1.56. The van der Waals surface area contributed by atoms with Crippen molar-refractivity contribution in [3.8, 4) is 0 Å². The monoisotopic (exact) mass is 734 g/mol. The van der Waals surface area contributed by atoms with Crippen molar-refractivity contribution in [1.82, 2.24) is 0 Å². The molecule has 0 radical (unpaired) electrons. The van der Waals surface area contributed by atoms with Gasteiger partial charge in [0.2, 0.25) is 0 Å². The molecule has 0 aliphatic heterocycles. The van der Waals surface area contributed by atoms with Gasteiger partial charge < -0.3 is 36.1 Å². The van der Waals surface area contributed by atoms with Crippen LogP contribution in [0.25, 0.3) is 0 Å². The van der Waals surface area contributed by atoms with E-state index in [4.69, 9.17) is 36.1 Å². The number of fused-ring (bicyclic) bond motifs is 5. The van der Waals surface area contributed by atoms with Gasteiger partial charge in [0.05, 0.1) is 25.9 Å². The van der Waals surface area contributed by atoms with E-state index in [9.17, 15) is 19.2 Å². The van der Waals surface area contributed by atoms with Crippen molar-refractivity contribution in [3.63, 3.8) is 0 Å². The summed E-state index contributed by atoms with van der Waals surface area (Å²) in [6.07, 6.45) is 13.2. The second-order valence-electron chi connectivity index (χ2n) is 17.0. The van der Waals surface area contributed by atoms with Gasteiger partial charge in [-0.15, -0.1) is 0 Å². The molecule has 0 aromatic rings. The molecule has 0 spiro atoms. The van der Waals surface area contributed by atoms with E-state index in [1.807, 2.05) is 0 Å². The van der Waals surface area contributed by atoms with Crippen molar-refractivity contribution in [2.24, 2.45) is 63.5 Å². The normalized spacial score (nSPS) is 34.3. The molecule has 298 valence electrons. The minimum Gasteiger partial charge on any atom is -0.466 e. The number of nitrogens with two attached hydrogens (primary N) is 3. The predicted octanol–water partition coefficient (Wildman–Crippen LogP) is 5.97. The van der Waals surface area contributed by atoms with Gasteiger partial charge in [0.1, 0.15) is 18.3 Å². The summed E-state index contributed by atoms with van der Waals surface area (Å²) in [7, 11) is 0. The molecule has 4 fully saturated rings. The van der Waals surface area contributed by atoms with Crippen molar-refractivity contribution in [2.45, 2.75) is 162 Å². The van der Waals surface area contributed by atoms with Crippen LogP contribution < -0.4 is 17.2 Å².